The third kappa shape index (κ3) is 4.28. The van der Waals surface area contributed by atoms with Crippen LogP contribution in [0.25, 0.3) is 10.8 Å². The molecule has 0 spiro atoms. The van der Waals surface area contributed by atoms with Gasteiger partial charge in [-0.15, -0.1) is 57.0 Å². The van der Waals surface area contributed by atoms with E-state index in [0.717, 1.165) is 0 Å². The van der Waals surface area contributed by atoms with Crippen LogP contribution in [0.15, 0.2) is 40.9 Å². The molecule has 14 heavy (non-hydrogen) atoms. The summed E-state index contributed by atoms with van der Waals surface area (Å²) in [5.41, 5.74) is 0. The van der Waals surface area contributed by atoms with Gasteiger partial charge in [-0.3, -0.25) is 0 Å². The summed E-state index contributed by atoms with van der Waals surface area (Å²) in [7, 11) is 15.0. The van der Waals surface area contributed by atoms with Crippen LogP contribution in [0.1, 0.15) is 0 Å². The van der Waals surface area contributed by atoms with Crippen molar-refractivity contribution in [2.24, 2.45) is 0 Å². The molecule has 0 nitrogen and oxygen atoms in total. The predicted octanol–water partition coefficient (Wildman–Crippen LogP) is 5.39. The molecule has 2 aromatic carbocycles. The maximum atomic E-state index is 5.00. The number of hydrogen-bond acceptors (Lipinski definition) is 0. The van der Waals surface area contributed by atoms with Crippen molar-refractivity contribution in [3.8, 4) is 0 Å². The molecule has 75 valence electrons. The Morgan fingerprint density at radius 3 is 2.29 bits per heavy atom. The van der Waals surface area contributed by atoms with E-state index in [9.17, 15) is 0 Å². The third-order valence-corrected chi connectivity index (χ3v) is 2.32. The predicted molar refractivity (Wildman–Crippen MR) is 64.8 cm³/mol. The van der Waals surface area contributed by atoms with Gasteiger partial charge in [0.15, 0.2) is 0 Å². The van der Waals surface area contributed by atoms with Gasteiger partial charge in [-0.2, -0.15) is 0 Å². The summed E-state index contributed by atoms with van der Waals surface area (Å²) in [5, 5.41) is 2.59. The summed E-state index contributed by atoms with van der Waals surface area (Å²) in [6, 6.07) is 12.5. The van der Waals surface area contributed by atoms with E-state index in [-0.39, 0.29) is 0 Å². The van der Waals surface area contributed by atoms with Crippen LogP contribution < -0.4 is 0 Å². The second-order valence-electron chi connectivity index (χ2n) is 2.48. The Kier molecular flexibility index (Phi) is 6.19. The van der Waals surface area contributed by atoms with Crippen molar-refractivity contribution in [1.29, 1.82) is 0 Å². The zero-order chi connectivity index (χ0) is 10.6. The molecule has 5 heteroatoms. The first-order chi connectivity index (χ1) is 6.61. The zero-order valence-corrected chi connectivity index (χ0v) is 13.3. The number of halogens is 4. The summed E-state index contributed by atoms with van der Waals surface area (Å²) in [6.45, 7) is 0. The van der Waals surface area contributed by atoms with Gasteiger partial charge in [0.2, 0.25) is 0 Å². The Balaban J connectivity index is 0.000000213. The number of benzene rings is 1. The van der Waals surface area contributed by atoms with Crippen LogP contribution in [0.3, 0.4) is 0 Å². The monoisotopic (exact) mass is 388 g/mol. The van der Waals surface area contributed by atoms with Crippen molar-refractivity contribution in [2.45, 2.75) is 0 Å². The van der Waals surface area contributed by atoms with Gasteiger partial charge in [0.05, 0.1) is 0 Å². The molecule has 2 aromatic rings. The van der Waals surface area contributed by atoms with Crippen molar-refractivity contribution in [1.82, 2.24) is 0 Å². The van der Waals surface area contributed by atoms with Crippen LogP contribution in [-0.2, 0) is 18.2 Å². The normalized spacial score (nSPS) is 9.43. The van der Waals surface area contributed by atoms with Gasteiger partial charge in [-0.25, -0.2) is 0 Å². The first-order valence-electron chi connectivity index (χ1n) is 3.74. The van der Waals surface area contributed by atoms with E-state index < -0.39 is 18.2 Å². The SMILES string of the molecule is Brc1c[cH-]c2ccccc12.[Cl][Zr]([Cl])[Cl]. The second-order valence-corrected chi connectivity index (χ2v) is 14.5. The second kappa shape index (κ2) is 6.60. The Morgan fingerprint density at radius 1 is 1.14 bits per heavy atom. The van der Waals surface area contributed by atoms with E-state index in [1.165, 1.54) is 15.2 Å². The fraction of sp³-hybridized carbons (Fsp3) is 0. The van der Waals surface area contributed by atoms with Crippen molar-refractivity contribution in [2.75, 3.05) is 0 Å². The van der Waals surface area contributed by atoms with Crippen molar-refractivity contribution >= 4 is 52.2 Å². The number of hydrogen-bond donors (Lipinski definition) is 0. The number of rotatable bonds is 0. The summed E-state index contributed by atoms with van der Waals surface area (Å²) < 4.78 is 1.18. The molecule has 0 heterocycles. The first-order valence-corrected chi connectivity index (χ1v) is 14.0. The Labute approximate surface area is 110 Å². The average molecular weight is 392 g/mol. The fourth-order valence-electron chi connectivity index (χ4n) is 1.11. The average Bonchev–Trinajstić information content (AvgIpc) is 2.48. The third-order valence-electron chi connectivity index (χ3n) is 1.63. The fourth-order valence-corrected chi connectivity index (χ4v) is 1.61. The molecular formula is C9H6BrCl3Zr-. The molecule has 0 amide bonds. The molecule has 0 saturated heterocycles. The van der Waals surface area contributed by atoms with E-state index in [0.29, 0.717) is 0 Å². The van der Waals surface area contributed by atoms with Crippen molar-refractivity contribution in [3.63, 3.8) is 0 Å². The van der Waals surface area contributed by atoms with Gasteiger partial charge in [0.1, 0.15) is 0 Å². The Morgan fingerprint density at radius 2 is 1.71 bits per heavy atom. The zero-order valence-electron chi connectivity index (χ0n) is 6.98. The van der Waals surface area contributed by atoms with Gasteiger partial charge in [-0.05, 0) is 0 Å². The summed E-state index contributed by atoms with van der Waals surface area (Å²) >= 11 is 1.34. The molecule has 0 unspecified atom stereocenters. The van der Waals surface area contributed by atoms with Crippen LogP contribution in [0.5, 0.6) is 0 Å². The van der Waals surface area contributed by atoms with Crippen LogP contribution in [0, 0.1) is 0 Å². The number of fused-ring (bicyclic) bond motifs is 1. The van der Waals surface area contributed by atoms with E-state index in [1.54, 1.807) is 0 Å². The summed E-state index contributed by atoms with van der Waals surface area (Å²) in [6.07, 6.45) is 0. The van der Waals surface area contributed by atoms with Crippen molar-refractivity contribution in [3.05, 3.63) is 40.9 Å². The molecule has 2 rings (SSSR count). The maximum absolute atomic E-state index is 5.00. The molecule has 0 fully saturated rings. The van der Waals surface area contributed by atoms with Crippen LogP contribution in [0.2, 0.25) is 0 Å². The molecule has 0 aliphatic rings. The van der Waals surface area contributed by atoms with Crippen LogP contribution >= 0.6 is 41.5 Å². The molecular weight excluding hydrogens is 386 g/mol. The minimum atomic E-state index is -2.13. The molecule has 0 saturated carbocycles. The quantitative estimate of drug-likeness (QED) is 0.528. The molecule has 0 bridgehead atoms. The minimum absolute atomic E-state index is 1.18. The molecule has 0 atom stereocenters. The van der Waals surface area contributed by atoms with Gasteiger partial charge >= 0.3 is 43.7 Å². The van der Waals surface area contributed by atoms with E-state index in [2.05, 4.69) is 46.3 Å². The topological polar surface area (TPSA) is 0 Å². The van der Waals surface area contributed by atoms with Gasteiger partial charge in [0, 0.05) is 0 Å². The Bertz CT molecular complexity index is 397. The standard InChI is InChI=1S/C9H6Br.3ClH.Zr/c10-9-6-5-7-3-1-2-4-8(7)9;;;;/h1-6H;3*1H;/q-1;;;;+3/p-3. The summed E-state index contributed by atoms with van der Waals surface area (Å²) in [5.74, 6) is 0. The van der Waals surface area contributed by atoms with Gasteiger partial charge < -0.3 is 0 Å². The molecule has 0 aliphatic carbocycles. The van der Waals surface area contributed by atoms with Gasteiger partial charge in [0.25, 0.3) is 0 Å². The molecule has 0 aromatic heterocycles. The van der Waals surface area contributed by atoms with Crippen molar-refractivity contribution < 1.29 is 18.2 Å². The van der Waals surface area contributed by atoms with Gasteiger partial charge in [-0.1, -0.05) is 10.5 Å². The van der Waals surface area contributed by atoms with Crippen LogP contribution in [0.4, 0.5) is 0 Å². The van der Waals surface area contributed by atoms with E-state index in [1.807, 2.05) is 6.07 Å². The van der Waals surface area contributed by atoms with E-state index in [4.69, 9.17) is 25.5 Å². The Hall–Kier alpha value is 1.06. The first kappa shape index (κ1) is 13.1. The van der Waals surface area contributed by atoms with E-state index >= 15 is 0 Å². The summed E-state index contributed by atoms with van der Waals surface area (Å²) in [4.78, 5) is 0. The van der Waals surface area contributed by atoms with Crippen LogP contribution in [-0.4, -0.2) is 0 Å². The molecule has 0 N–H and O–H groups in total. The molecule has 0 radical (unpaired) electrons. The molecule has 0 aliphatic heterocycles.